The number of fused-ring (bicyclic) bond motifs is 5. The number of carbonyl (C=O) groups excluding carboxylic acids is 4. The second-order valence-electron chi connectivity index (χ2n) is 14.3. The van der Waals surface area contributed by atoms with Crippen LogP contribution in [0, 0.1) is 16.7 Å². The molecule has 262 valence electrons. The Morgan fingerprint density at radius 3 is 2.18 bits per heavy atom. The summed E-state index contributed by atoms with van der Waals surface area (Å²) in [5.41, 5.74) is -6.08. The molecule has 0 radical (unpaired) electrons. The highest BCUT2D eigenvalue weighted by atomic mass is 16.7. The molecule has 1 aliphatic heterocycles. The molecule has 2 aromatic carbocycles. The lowest BCUT2D eigenvalue weighted by Crippen LogP contribution is -2.81. The van der Waals surface area contributed by atoms with Crippen LogP contribution in [-0.4, -0.2) is 87.5 Å². The Morgan fingerprint density at radius 2 is 1.59 bits per heavy atom. The summed E-state index contributed by atoms with van der Waals surface area (Å²) < 4.78 is 29.2. The number of carbonyl (C=O) groups is 4. The maximum atomic E-state index is 14.7. The number of ketones is 1. The largest absolute Gasteiger partial charge is 0.509 e. The van der Waals surface area contributed by atoms with E-state index < -0.39 is 82.3 Å². The maximum Gasteiger partial charge on any atom is 0.509 e. The molecule has 1 heterocycles. The zero-order chi connectivity index (χ0) is 35.5. The molecule has 9 atom stereocenters. The lowest BCUT2D eigenvalue weighted by atomic mass is 9.44. The SMILES string of the molecule is CC(=O)O[C@@]12CO[C@@H]1C[C@H](O)[C@@]1(C)C(=O)[C@H](O)C3=C(C)[C@@H](OC(=O)OCc4ccccc4)C[C@@](O)([C@@H](OC(=O)c4ccccc4)[C@H]21)C3(C)C. The van der Waals surface area contributed by atoms with Crippen LogP contribution in [0.25, 0.3) is 0 Å². The number of Topliss-reactive ketones (excluding diaryl/α,β-unsaturated/α-hetero) is 1. The lowest BCUT2D eigenvalue weighted by molar-refractivity contribution is -0.345. The van der Waals surface area contributed by atoms with Crippen LogP contribution < -0.4 is 0 Å². The number of aliphatic hydroxyl groups excluding tert-OH is 2. The van der Waals surface area contributed by atoms with Gasteiger partial charge in [-0.05, 0) is 42.7 Å². The van der Waals surface area contributed by atoms with Crippen molar-refractivity contribution in [3.63, 3.8) is 0 Å². The molecular weight excluding hydrogens is 636 g/mol. The van der Waals surface area contributed by atoms with Gasteiger partial charge in [-0.3, -0.25) is 9.59 Å². The minimum atomic E-state index is -2.20. The Bertz CT molecular complexity index is 1670. The fourth-order valence-electron chi connectivity index (χ4n) is 8.64. The average molecular weight is 679 g/mol. The van der Waals surface area contributed by atoms with Gasteiger partial charge in [0.25, 0.3) is 0 Å². The molecule has 49 heavy (non-hydrogen) atoms. The van der Waals surface area contributed by atoms with Gasteiger partial charge in [0, 0.05) is 25.2 Å². The standard InChI is InChI=1S/C37H42O12/c1-20-24(47-33(43)45-18-22-12-8-6-9-13-22)17-37(44)31(48-32(42)23-14-10-7-11-15-23)29-35(5,30(41)28(40)27(20)34(37,3)4)25(39)16-26-36(29,19-46-26)49-21(2)38/h6-15,24-26,28-29,31,39-40,44H,16-19H2,1-5H3/t24-,25-,26+,28+,29-,31-,35+,36-,37+/m0/s1. The fraction of sp³-hybridized carbons (Fsp3) is 0.514. The summed E-state index contributed by atoms with van der Waals surface area (Å²) in [5, 5.41) is 36.9. The molecule has 4 aliphatic rings. The molecule has 2 saturated carbocycles. The molecule has 3 aliphatic carbocycles. The highest BCUT2D eigenvalue weighted by molar-refractivity contribution is 5.94. The molecule has 6 rings (SSSR count). The molecule has 0 unspecified atom stereocenters. The Kier molecular flexibility index (Phi) is 8.76. The Labute approximate surface area is 283 Å². The van der Waals surface area contributed by atoms with Crippen molar-refractivity contribution in [2.75, 3.05) is 6.61 Å². The van der Waals surface area contributed by atoms with Crippen LogP contribution in [0.2, 0.25) is 0 Å². The van der Waals surface area contributed by atoms with Gasteiger partial charge in [-0.15, -0.1) is 0 Å². The zero-order valence-electron chi connectivity index (χ0n) is 28.1. The molecule has 1 saturated heterocycles. The Balaban J connectivity index is 1.51. The highest BCUT2D eigenvalue weighted by Gasteiger charge is 2.78. The molecule has 12 heteroatoms. The monoisotopic (exact) mass is 678 g/mol. The van der Waals surface area contributed by atoms with Crippen LogP contribution in [0.1, 0.15) is 63.4 Å². The summed E-state index contributed by atoms with van der Waals surface area (Å²) >= 11 is 0. The van der Waals surface area contributed by atoms with Gasteiger partial charge in [0.1, 0.15) is 36.6 Å². The predicted molar refractivity (Wildman–Crippen MR) is 171 cm³/mol. The van der Waals surface area contributed by atoms with Crippen molar-refractivity contribution in [1.29, 1.82) is 0 Å². The maximum absolute atomic E-state index is 14.7. The molecule has 3 fully saturated rings. The molecule has 2 aromatic rings. The Hall–Kier alpha value is -4.10. The van der Waals surface area contributed by atoms with Gasteiger partial charge in [-0.25, -0.2) is 9.59 Å². The molecule has 0 spiro atoms. The van der Waals surface area contributed by atoms with Crippen LogP contribution in [0.15, 0.2) is 71.8 Å². The number of ether oxygens (including phenoxy) is 5. The second kappa shape index (κ2) is 12.3. The molecule has 0 aromatic heterocycles. The number of hydrogen-bond acceptors (Lipinski definition) is 12. The van der Waals surface area contributed by atoms with E-state index in [2.05, 4.69) is 0 Å². The van der Waals surface area contributed by atoms with E-state index in [9.17, 15) is 34.5 Å². The average Bonchev–Trinajstić information content (AvgIpc) is 3.06. The van der Waals surface area contributed by atoms with Crippen molar-refractivity contribution in [1.82, 2.24) is 0 Å². The fourth-order valence-corrected chi connectivity index (χ4v) is 8.64. The van der Waals surface area contributed by atoms with E-state index in [-0.39, 0.29) is 37.2 Å². The molecular formula is C37H42O12. The normalized spacial score (nSPS) is 36.1. The first-order chi connectivity index (χ1) is 23.1. The second-order valence-corrected chi connectivity index (χ2v) is 14.3. The van der Waals surface area contributed by atoms with Crippen molar-refractivity contribution in [3.8, 4) is 0 Å². The van der Waals surface area contributed by atoms with Gasteiger partial charge >= 0.3 is 18.1 Å². The summed E-state index contributed by atoms with van der Waals surface area (Å²) in [6.45, 7) is 7.08. The number of benzene rings is 2. The van der Waals surface area contributed by atoms with E-state index in [1.54, 1.807) is 63.2 Å². The van der Waals surface area contributed by atoms with Crippen LogP contribution in [0.5, 0.6) is 0 Å². The van der Waals surface area contributed by atoms with Gasteiger partial charge in [0.15, 0.2) is 11.4 Å². The summed E-state index contributed by atoms with van der Waals surface area (Å²) in [5.74, 6) is -3.83. The van der Waals surface area contributed by atoms with Gasteiger partial charge in [-0.1, -0.05) is 62.4 Å². The zero-order valence-corrected chi connectivity index (χ0v) is 28.1. The third kappa shape index (κ3) is 5.36. The molecule has 0 amide bonds. The number of esters is 2. The minimum absolute atomic E-state index is 0.0493. The highest BCUT2D eigenvalue weighted by Crippen LogP contribution is 2.64. The summed E-state index contributed by atoms with van der Waals surface area (Å²) in [6, 6.07) is 16.9. The van der Waals surface area contributed by atoms with E-state index in [0.717, 1.165) is 0 Å². The van der Waals surface area contributed by atoms with Crippen LogP contribution in [0.3, 0.4) is 0 Å². The molecule has 3 N–H and O–H groups in total. The van der Waals surface area contributed by atoms with Crippen molar-refractivity contribution in [3.05, 3.63) is 82.9 Å². The van der Waals surface area contributed by atoms with E-state index >= 15 is 0 Å². The van der Waals surface area contributed by atoms with E-state index in [1.165, 1.54) is 26.0 Å². The van der Waals surface area contributed by atoms with Crippen molar-refractivity contribution >= 4 is 23.9 Å². The predicted octanol–water partition coefficient (Wildman–Crippen LogP) is 3.44. The summed E-state index contributed by atoms with van der Waals surface area (Å²) in [6.07, 6.45) is -8.75. The quantitative estimate of drug-likeness (QED) is 0.231. The third-order valence-electron chi connectivity index (χ3n) is 11.4. The first-order valence-corrected chi connectivity index (χ1v) is 16.4. The van der Waals surface area contributed by atoms with Gasteiger partial charge < -0.3 is 39.0 Å². The first kappa shape index (κ1) is 34.8. The van der Waals surface area contributed by atoms with E-state index in [0.29, 0.717) is 11.1 Å². The van der Waals surface area contributed by atoms with Crippen LogP contribution in [0.4, 0.5) is 4.79 Å². The van der Waals surface area contributed by atoms with E-state index in [1.807, 2.05) is 6.07 Å². The van der Waals surface area contributed by atoms with Crippen molar-refractivity contribution in [2.24, 2.45) is 16.7 Å². The van der Waals surface area contributed by atoms with Crippen molar-refractivity contribution in [2.45, 2.75) is 95.8 Å². The smallest absolute Gasteiger partial charge is 0.455 e. The first-order valence-electron chi connectivity index (χ1n) is 16.4. The molecule has 12 nitrogen and oxygen atoms in total. The number of rotatable bonds is 6. The number of aliphatic hydroxyl groups is 3. The summed E-state index contributed by atoms with van der Waals surface area (Å²) in [7, 11) is 0. The number of hydrogen-bond donors (Lipinski definition) is 3. The molecule has 2 bridgehead atoms. The van der Waals surface area contributed by atoms with Gasteiger partial charge in [0.2, 0.25) is 0 Å². The van der Waals surface area contributed by atoms with E-state index in [4.69, 9.17) is 23.7 Å². The van der Waals surface area contributed by atoms with Gasteiger partial charge in [-0.2, -0.15) is 0 Å². The lowest BCUT2D eigenvalue weighted by Gasteiger charge is -2.67. The topological polar surface area (TPSA) is 175 Å². The Morgan fingerprint density at radius 1 is 0.959 bits per heavy atom. The minimum Gasteiger partial charge on any atom is -0.455 e. The van der Waals surface area contributed by atoms with Crippen LogP contribution >= 0.6 is 0 Å². The van der Waals surface area contributed by atoms with Crippen molar-refractivity contribution < 1.29 is 58.2 Å². The van der Waals surface area contributed by atoms with Crippen LogP contribution in [-0.2, 0) is 39.9 Å². The third-order valence-corrected chi connectivity index (χ3v) is 11.4. The summed E-state index contributed by atoms with van der Waals surface area (Å²) in [4.78, 5) is 54.4. The van der Waals surface area contributed by atoms with Gasteiger partial charge in [0.05, 0.1) is 29.6 Å².